The summed E-state index contributed by atoms with van der Waals surface area (Å²) < 4.78 is 4.50. The van der Waals surface area contributed by atoms with Gasteiger partial charge in [-0.25, -0.2) is 4.79 Å². The summed E-state index contributed by atoms with van der Waals surface area (Å²) in [6.07, 6.45) is 3.12. The molecule has 0 saturated heterocycles. The predicted molar refractivity (Wildman–Crippen MR) is 57.0 cm³/mol. The lowest BCUT2D eigenvalue weighted by Crippen LogP contribution is -1.94. The number of anilines is 1. The molecule has 0 aliphatic heterocycles. The number of rotatable bonds is 3. The Morgan fingerprint density at radius 3 is 2.79 bits per heavy atom. The van der Waals surface area contributed by atoms with Crippen molar-refractivity contribution in [2.45, 2.75) is 0 Å². The number of hydrogen-bond donors (Lipinski definition) is 1. The molecule has 0 bridgehead atoms. The molecule has 0 fully saturated rings. The molecule has 0 unspecified atom stereocenters. The molecule has 0 aliphatic carbocycles. The van der Waals surface area contributed by atoms with Gasteiger partial charge in [0.1, 0.15) is 0 Å². The average Bonchev–Trinajstić information content (AvgIpc) is 2.26. The maximum atomic E-state index is 10.9. The van der Waals surface area contributed by atoms with Gasteiger partial charge in [0.05, 0.1) is 7.11 Å². The van der Waals surface area contributed by atoms with Gasteiger partial charge in [-0.05, 0) is 17.7 Å². The largest absolute Gasteiger partial charge is 0.466 e. The minimum absolute atomic E-state index is 0.351. The van der Waals surface area contributed by atoms with E-state index in [0.717, 1.165) is 11.3 Å². The lowest BCUT2D eigenvalue weighted by Gasteiger charge is -2.03. The maximum absolute atomic E-state index is 10.9. The third-order valence-corrected chi connectivity index (χ3v) is 1.83. The Labute approximate surface area is 83.4 Å². The van der Waals surface area contributed by atoms with Crippen molar-refractivity contribution in [3.05, 3.63) is 35.9 Å². The fraction of sp³-hybridized carbons (Fsp3) is 0.182. The number of hydrogen-bond acceptors (Lipinski definition) is 3. The van der Waals surface area contributed by atoms with Crippen LogP contribution in [-0.4, -0.2) is 20.1 Å². The Balaban J connectivity index is 2.85. The first-order valence-electron chi connectivity index (χ1n) is 4.30. The molecule has 0 radical (unpaired) electrons. The van der Waals surface area contributed by atoms with E-state index in [1.54, 1.807) is 6.08 Å². The van der Waals surface area contributed by atoms with Crippen molar-refractivity contribution >= 4 is 17.7 Å². The van der Waals surface area contributed by atoms with Crippen LogP contribution >= 0.6 is 0 Å². The normalized spacial score (nSPS) is 10.1. The molecular formula is C11H13NO2. The van der Waals surface area contributed by atoms with Gasteiger partial charge < -0.3 is 10.1 Å². The van der Waals surface area contributed by atoms with Crippen molar-refractivity contribution in [3.8, 4) is 0 Å². The molecule has 0 saturated carbocycles. The second kappa shape index (κ2) is 5.07. The summed E-state index contributed by atoms with van der Waals surface area (Å²) in [6, 6.07) is 7.71. The highest BCUT2D eigenvalue weighted by molar-refractivity contribution is 5.88. The highest BCUT2D eigenvalue weighted by Gasteiger charge is 1.96. The molecule has 3 heteroatoms. The summed E-state index contributed by atoms with van der Waals surface area (Å²) in [4.78, 5) is 10.9. The molecule has 0 aliphatic rings. The molecular weight excluding hydrogens is 178 g/mol. The summed E-state index contributed by atoms with van der Waals surface area (Å²) in [5.41, 5.74) is 1.94. The number of ether oxygens (including phenoxy) is 1. The molecule has 0 heterocycles. The van der Waals surface area contributed by atoms with Gasteiger partial charge in [-0.2, -0.15) is 0 Å². The van der Waals surface area contributed by atoms with Crippen molar-refractivity contribution in [2.75, 3.05) is 19.5 Å². The van der Waals surface area contributed by atoms with Crippen LogP contribution < -0.4 is 5.32 Å². The average molecular weight is 191 g/mol. The van der Waals surface area contributed by atoms with Crippen LogP contribution in [0.4, 0.5) is 5.69 Å². The van der Waals surface area contributed by atoms with E-state index in [2.05, 4.69) is 10.1 Å². The topological polar surface area (TPSA) is 38.3 Å². The molecule has 0 aromatic heterocycles. The van der Waals surface area contributed by atoms with Crippen LogP contribution in [0.5, 0.6) is 0 Å². The van der Waals surface area contributed by atoms with Gasteiger partial charge in [-0.1, -0.05) is 18.2 Å². The Kier molecular flexibility index (Phi) is 3.73. The Morgan fingerprint density at radius 2 is 2.14 bits per heavy atom. The van der Waals surface area contributed by atoms with Crippen molar-refractivity contribution < 1.29 is 9.53 Å². The Bertz CT molecular complexity index is 345. The number of carbonyl (C=O) groups is 1. The zero-order valence-corrected chi connectivity index (χ0v) is 8.28. The second-order valence-corrected chi connectivity index (χ2v) is 2.69. The van der Waals surface area contributed by atoms with Gasteiger partial charge in [0.25, 0.3) is 0 Å². The third-order valence-electron chi connectivity index (χ3n) is 1.83. The highest BCUT2D eigenvalue weighted by atomic mass is 16.5. The minimum Gasteiger partial charge on any atom is -0.466 e. The Hall–Kier alpha value is -1.77. The fourth-order valence-electron chi connectivity index (χ4n) is 1.10. The number of esters is 1. The van der Waals surface area contributed by atoms with E-state index in [-0.39, 0.29) is 5.97 Å². The van der Waals surface area contributed by atoms with E-state index in [4.69, 9.17) is 0 Å². The van der Waals surface area contributed by atoms with Crippen LogP contribution in [0, 0.1) is 0 Å². The van der Waals surface area contributed by atoms with Gasteiger partial charge in [0.2, 0.25) is 0 Å². The van der Waals surface area contributed by atoms with E-state index in [1.165, 1.54) is 13.2 Å². The molecule has 1 rings (SSSR count). The fourth-order valence-corrected chi connectivity index (χ4v) is 1.10. The van der Waals surface area contributed by atoms with Crippen LogP contribution in [0.3, 0.4) is 0 Å². The van der Waals surface area contributed by atoms with E-state index < -0.39 is 0 Å². The molecule has 1 N–H and O–H groups in total. The second-order valence-electron chi connectivity index (χ2n) is 2.69. The van der Waals surface area contributed by atoms with Crippen molar-refractivity contribution in [3.63, 3.8) is 0 Å². The van der Waals surface area contributed by atoms with Crippen molar-refractivity contribution in [1.29, 1.82) is 0 Å². The van der Waals surface area contributed by atoms with Crippen LogP contribution in [0.25, 0.3) is 6.08 Å². The smallest absolute Gasteiger partial charge is 0.330 e. The van der Waals surface area contributed by atoms with E-state index in [1.807, 2.05) is 31.3 Å². The zero-order chi connectivity index (χ0) is 10.4. The summed E-state index contributed by atoms with van der Waals surface area (Å²) >= 11 is 0. The first kappa shape index (κ1) is 10.3. The molecule has 1 aromatic rings. The lowest BCUT2D eigenvalue weighted by molar-refractivity contribution is -0.134. The maximum Gasteiger partial charge on any atom is 0.330 e. The summed E-state index contributed by atoms with van der Waals surface area (Å²) in [6.45, 7) is 0. The predicted octanol–water partition coefficient (Wildman–Crippen LogP) is 1.91. The number of methoxy groups -OCH3 is 1. The lowest BCUT2D eigenvalue weighted by atomic mass is 10.1. The third kappa shape index (κ3) is 2.62. The molecule has 74 valence electrons. The van der Waals surface area contributed by atoms with Crippen molar-refractivity contribution in [2.24, 2.45) is 0 Å². The molecule has 0 amide bonds. The van der Waals surface area contributed by atoms with Crippen LogP contribution in [0.2, 0.25) is 0 Å². The first-order chi connectivity index (χ1) is 6.77. The molecule has 3 nitrogen and oxygen atoms in total. The first-order valence-corrected chi connectivity index (χ1v) is 4.30. The van der Waals surface area contributed by atoms with Gasteiger partial charge in [0, 0.05) is 18.8 Å². The number of para-hydroxylation sites is 1. The van der Waals surface area contributed by atoms with Crippen LogP contribution in [0.15, 0.2) is 30.3 Å². The number of nitrogens with one attached hydrogen (secondary N) is 1. The van der Waals surface area contributed by atoms with E-state index in [9.17, 15) is 4.79 Å². The number of carbonyl (C=O) groups excluding carboxylic acids is 1. The molecule has 0 atom stereocenters. The molecule has 14 heavy (non-hydrogen) atoms. The van der Waals surface area contributed by atoms with Gasteiger partial charge in [0.15, 0.2) is 0 Å². The quantitative estimate of drug-likeness (QED) is 0.586. The van der Waals surface area contributed by atoms with E-state index >= 15 is 0 Å². The summed E-state index contributed by atoms with van der Waals surface area (Å²) in [7, 11) is 3.20. The molecule has 1 aromatic carbocycles. The monoisotopic (exact) mass is 191 g/mol. The summed E-state index contributed by atoms with van der Waals surface area (Å²) in [5, 5.41) is 3.03. The van der Waals surface area contributed by atoms with Gasteiger partial charge >= 0.3 is 5.97 Å². The van der Waals surface area contributed by atoms with Crippen LogP contribution in [0.1, 0.15) is 5.56 Å². The van der Waals surface area contributed by atoms with E-state index in [0.29, 0.717) is 0 Å². The minimum atomic E-state index is -0.351. The number of benzene rings is 1. The highest BCUT2D eigenvalue weighted by Crippen LogP contribution is 2.15. The summed E-state index contributed by atoms with van der Waals surface area (Å²) in [5.74, 6) is -0.351. The van der Waals surface area contributed by atoms with Crippen molar-refractivity contribution in [1.82, 2.24) is 0 Å². The van der Waals surface area contributed by atoms with Crippen LogP contribution in [-0.2, 0) is 9.53 Å². The standard InChI is InChI=1S/C11H13NO2/c1-12-10-6-4-3-5-9(10)7-8-11(13)14-2/h3-8,12H,1-2H3. The SMILES string of the molecule is CNc1ccccc1C=CC(=O)OC. The molecule has 0 spiro atoms. The zero-order valence-electron chi connectivity index (χ0n) is 8.28. The van der Waals surface area contributed by atoms with Gasteiger partial charge in [-0.3, -0.25) is 0 Å². The van der Waals surface area contributed by atoms with Gasteiger partial charge in [-0.15, -0.1) is 0 Å². The Morgan fingerprint density at radius 1 is 1.43 bits per heavy atom.